The molecule has 1 amide bonds. The van der Waals surface area contributed by atoms with Gasteiger partial charge in [0.05, 0.1) is 0 Å². The van der Waals surface area contributed by atoms with Gasteiger partial charge >= 0.3 is 0 Å². The summed E-state index contributed by atoms with van der Waals surface area (Å²) in [5, 5.41) is 10.0. The molecule has 0 aromatic carbocycles. The molecular formula is C15H22N4O3. The van der Waals surface area contributed by atoms with E-state index in [9.17, 15) is 4.79 Å². The highest BCUT2D eigenvalue weighted by Gasteiger charge is 2.27. The van der Waals surface area contributed by atoms with Crippen molar-refractivity contribution in [3.05, 3.63) is 11.7 Å². The molecule has 2 aliphatic rings. The van der Waals surface area contributed by atoms with Crippen LogP contribution in [0.3, 0.4) is 0 Å². The largest absolute Gasteiger partial charge is 0.381 e. The standard InChI is InChI=1S/C15H22N4O3/c1-10(2)9-19-13(20)4-3-12(17-19)15-16-14(18-22-15)11-5-7-21-8-6-11/h10-11H,3-9H2,1-2H3. The van der Waals surface area contributed by atoms with Crippen LogP contribution in [0.1, 0.15) is 57.2 Å². The minimum atomic E-state index is 0.0571. The van der Waals surface area contributed by atoms with E-state index in [4.69, 9.17) is 9.26 Å². The summed E-state index contributed by atoms with van der Waals surface area (Å²) in [6.45, 7) is 6.22. The molecule has 0 bridgehead atoms. The number of hydrazone groups is 1. The summed E-state index contributed by atoms with van der Waals surface area (Å²) in [6.07, 6.45) is 2.84. The minimum absolute atomic E-state index is 0.0571. The van der Waals surface area contributed by atoms with Gasteiger partial charge in [0.25, 0.3) is 5.89 Å². The molecule has 120 valence electrons. The van der Waals surface area contributed by atoms with Crippen LogP contribution >= 0.6 is 0 Å². The average molecular weight is 306 g/mol. The topological polar surface area (TPSA) is 80.8 Å². The number of carbonyl (C=O) groups is 1. The summed E-state index contributed by atoms with van der Waals surface area (Å²) in [7, 11) is 0. The normalized spacial score (nSPS) is 20.6. The molecule has 0 aliphatic carbocycles. The maximum absolute atomic E-state index is 11.9. The van der Waals surface area contributed by atoms with Crippen LogP contribution in [0.5, 0.6) is 0 Å². The predicted molar refractivity (Wildman–Crippen MR) is 79.4 cm³/mol. The van der Waals surface area contributed by atoms with Crippen molar-refractivity contribution in [1.82, 2.24) is 15.1 Å². The predicted octanol–water partition coefficient (Wildman–Crippen LogP) is 1.95. The Balaban J connectivity index is 1.75. The maximum atomic E-state index is 11.9. The molecule has 7 nitrogen and oxygen atoms in total. The van der Waals surface area contributed by atoms with E-state index < -0.39 is 0 Å². The molecule has 0 saturated carbocycles. The van der Waals surface area contributed by atoms with Gasteiger partial charge in [-0.1, -0.05) is 19.0 Å². The Morgan fingerprint density at radius 2 is 2.05 bits per heavy atom. The molecule has 1 aromatic heterocycles. The number of nitrogens with zero attached hydrogens (tertiary/aromatic N) is 4. The van der Waals surface area contributed by atoms with Gasteiger partial charge < -0.3 is 9.26 Å². The van der Waals surface area contributed by atoms with Crippen molar-refractivity contribution >= 4 is 11.6 Å². The monoisotopic (exact) mass is 306 g/mol. The number of aromatic nitrogens is 2. The SMILES string of the molecule is CC(C)CN1N=C(c2nc(C3CCOCC3)no2)CCC1=O. The Bertz CT molecular complexity index is 561. The molecule has 1 saturated heterocycles. The fraction of sp³-hybridized carbons (Fsp3) is 0.733. The van der Waals surface area contributed by atoms with E-state index in [-0.39, 0.29) is 5.91 Å². The molecule has 3 rings (SSSR count). The first kappa shape index (κ1) is 15.1. The van der Waals surface area contributed by atoms with Crippen molar-refractivity contribution in [2.45, 2.75) is 45.4 Å². The second-order valence-corrected chi connectivity index (χ2v) is 6.26. The van der Waals surface area contributed by atoms with Crippen LogP contribution in [0.25, 0.3) is 0 Å². The van der Waals surface area contributed by atoms with Crippen molar-refractivity contribution < 1.29 is 14.1 Å². The zero-order valence-electron chi connectivity index (χ0n) is 13.1. The third kappa shape index (κ3) is 3.35. The third-order valence-corrected chi connectivity index (χ3v) is 3.92. The van der Waals surface area contributed by atoms with Crippen molar-refractivity contribution in [2.75, 3.05) is 19.8 Å². The highest BCUT2D eigenvalue weighted by Crippen LogP contribution is 2.25. The molecule has 22 heavy (non-hydrogen) atoms. The highest BCUT2D eigenvalue weighted by atomic mass is 16.5. The average Bonchev–Trinajstić information content (AvgIpc) is 3.00. The number of ether oxygens (including phenoxy) is 1. The molecule has 0 spiro atoms. The van der Waals surface area contributed by atoms with E-state index in [0.29, 0.717) is 42.8 Å². The molecule has 2 aliphatic heterocycles. The van der Waals surface area contributed by atoms with Gasteiger partial charge in [0.1, 0.15) is 5.71 Å². The van der Waals surface area contributed by atoms with E-state index in [1.165, 1.54) is 5.01 Å². The van der Waals surface area contributed by atoms with E-state index >= 15 is 0 Å². The van der Waals surface area contributed by atoms with Gasteiger partial charge in [-0.25, -0.2) is 5.01 Å². The Hall–Kier alpha value is -1.76. The summed E-state index contributed by atoms with van der Waals surface area (Å²) >= 11 is 0. The lowest BCUT2D eigenvalue weighted by Gasteiger charge is -2.23. The van der Waals surface area contributed by atoms with Gasteiger partial charge in [-0.05, 0) is 18.8 Å². The first-order chi connectivity index (χ1) is 10.6. The van der Waals surface area contributed by atoms with Gasteiger partial charge in [0, 0.05) is 38.5 Å². The number of hydrogen-bond acceptors (Lipinski definition) is 6. The lowest BCUT2D eigenvalue weighted by atomic mass is 10.00. The Labute approximate surface area is 129 Å². The summed E-state index contributed by atoms with van der Waals surface area (Å²) in [5.41, 5.74) is 0.714. The molecule has 0 unspecified atom stereocenters. The minimum Gasteiger partial charge on any atom is -0.381 e. The number of carbonyl (C=O) groups excluding carboxylic acids is 1. The first-order valence-electron chi connectivity index (χ1n) is 7.93. The van der Waals surface area contributed by atoms with E-state index in [1.807, 2.05) is 0 Å². The fourth-order valence-corrected chi connectivity index (χ4v) is 2.72. The number of hydrogen-bond donors (Lipinski definition) is 0. The summed E-state index contributed by atoms with van der Waals surface area (Å²) in [6, 6.07) is 0. The maximum Gasteiger partial charge on any atom is 0.274 e. The van der Waals surface area contributed by atoms with Crippen molar-refractivity contribution in [3.8, 4) is 0 Å². The van der Waals surface area contributed by atoms with Crippen LogP contribution < -0.4 is 0 Å². The van der Waals surface area contributed by atoms with Crippen molar-refractivity contribution in [1.29, 1.82) is 0 Å². The van der Waals surface area contributed by atoms with E-state index in [2.05, 4.69) is 29.1 Å². The van der Waals surface area contributed by atoms with Crippen molar-refractivity contribution in [3.63, 3.8) is 0 Å². The molecule has 1 fully saturated rings. The quantitative estimate of drug-likeness (QED) is 0.849. The van der Waals surface area contributed by atoms with E-state index in [1.54, 1.807) is 0 Å². The van der Waals surface area contributed by atoms with Crippen molar-refractivity contribution in [2.24, 2.45) is 11.0 Å². The zero-order valence-corrected chi connectivity index (χ0v) is 13.1. The van der Waals surface area contributed by atoms with Crippen LogP contribution in [0.2, 0.25) is 0 Å². The molecule has 0 radical (unpaired) electrons. The highest BCUT2D eigenvalue weighted by molar-refractivity contribution is 6.00. The fourth-order valence-electron chi connectivity index (χ4n) is 2.72. The van der Waals surface area contributed by atoms with Crippen LogP contribution in [-0.4, -0.2) is 46.5 Å². The van der Waals surface area contributed by atoms with Gasteiger partial charge in [-0.15, -0.1) is 0 Å². The molecule has 0 atom stereocenters. The van der Waals surface area contributed by atoms with E-state index in [0.717, 1.165) is 31.9 Å². The Kier molecular flexibility index (Phi) is 4.52. The second kappa shape index (κ2) is 6.56. The lowest BCUT2D eigenvalue weighted by molar-refractivity contribution is -0.132. The summed E-state index contributed by atoms with van der Waals surface area (Å²) in [4.78, 5) is 16.4. The van der Waals surface area contributed by atoms with Crippen LogP contribution in [-0.2, 0) is 9.53 Å². The van der Waals surface area contributed by atoms with Gasteiger partial charge in [-0.2, -0.15) is 10.1 Å². The smallest absolute Gasteiger partial charge is 0.274 e. The summed E-state index contributed by atoms with van der Waals surface area (Å²) in [5.74, 6) is 1.90. The van der Waals surface area contributed by atoms with Crippen LogP contribution in [0, 0.1) is 5.92 Å². The molecule has 1 aromatic rings. The Morgan fingerprint density at radius 1 is 1.27 bits per heavy atom. The lowest BCUT2D eigenvalue weighted by Crippen LogP contribution is -2.34. The third-order valence-electron chi connectivity index (χ3n) is 3.92. The number of rotatable bonds is 4. The van der Waals surface area contributed by atoms with Gasteiger partial charge in [0.15, 0.2) is 5.82 Å². The van der Waals surface area contributed by atoms with Crippen LogP contribution in [0.4, 0.5) is 0 Å². The van der Waals surface area contributed by atoms with Gasteiger partial charge in [-0.3, -0.25) is 4.79 Å². The zero-order chi connectivity index (χ0) is 15.5. The molecule has 7 heteroatoms. The van der Waals surface area contributed by atoms with Gasteiger partial charge in [0.2, 0.25) is 5.91 Å². The molecular weight excluding hydrogens is 284 g/mol. The second-order valence-electron chi connectivity index (χ2n) is 6.26. The molecule has 3 heterocycles. The number of amides is 1. The Morgan fingerprint density at radius 3 is 2.77 bits per heavy atom. The van der Waals surface area contributed by atoms with Crippen LogP contribution in [0.15, 0.2) is 9.62 Å². The summed E-state index contributed by atoms with van der Waals surface area (Å²) < 4.78 is 10.7. The first-order valence-corrected chi connectivity index (χ1v) is 7.93. The molecule has 0 N–H and O–H groups in total.